The molecule has 8 heavy (non-hydrogen) atoms. The van der Waals surface area contributed by atoms with E-state index in [0.717, 1.165) is 6.42 Å². The Balaban J connectivity index is 0. The molecular weight excluding hydrogens is 91.0 g/mol. The second-order valence-electron chi connectivity index (χ2n) is 2.66. The van der Waals surface area contributed by atoms with E-state index in [1.165, 1.54) is 0 Å². The van der Waals surface area contributed by atoms with Crippen molar-refractivity contribution in [3.8, 4) is 0 Å². The molecule has 43 valence electrons. The van der Waals surface area contributed by atoms with E-state index in [1.54, 1.807) is 0 Å². The van der Waals surface area contributed by atoms with Crippen LogP contribution in [0.15, 0.2) is 12.7 Å². The van der Waals surface area contributed by atoms with Gasteiger partial charge in [0.1, 0.15) is 0 Å². The van der Waals surface area contributed by atoms with Gasteiger partial charge < -0.3 is 0 Å². The predicted octanol–water partition coefficient (Wildman–Crippen LogP) is 1.77. The molecular formula is C7H14Li. The molecule has 0 saturated carbocycles. The molecule has 0 atom stereocenters. The van der Waals surface area contributed by atoms with E-state index in [9.17, 15) is 0 Å². The van der Waals surface area contributed by atoms with Crippen molar-refractivity contribution in [3.63, 3.8) is 0 Å². The van der Waals surface area contributed by atoms with E-state index in [2.05, 4.69) is 27.4 Å². The van der Waals surface area contributed by atoms with Crippen molar-refractivity contribution < 1.29 is 0 Å². The van der Waals surface area contributed by atoms with Crippen molar-refractivity contribution in [3.05, 3.63) is 19.6 Å². The summed E-state index contributed by atoms with van der Waals surface area (Å²) in [5, 5.41) is 0. The Bertz CT molecular complexity index is 59.3. The number of hydrogen-bond donors (Lipinski definition) is 0. The van der Waals surface area contributed by atoms with E-state index in [1.807, 2.05) is 6.08 Å². The normalized spacial score (nSPS) is 9.88. The van der Waals surface area contributed by atoms with Crippen LogP contribution in [0, 0.1) is 12.3 Å². The van der Waals surface area contributed by atoms with E-state index >= 15 is 0 Å². The molecule has 0 nitrogen and oxygen atoms in total. The fourth-order valence-corrected chi connectivity index (χ4v) is 0.391. The van der Waals surface area contributed by atoms with Gasteiger partial charge in [0.05, 0.1) is 0 Å². The number of hydrogen-bond acceptors (Lipinski definition) is 0. The summed E-state index contributed by atoms with van der Waals surface area (Å²) in [6, 6.07) is 0. The molecule has 0 N–H and O–H groups in total. The van der Waals surface area contributed by atoms with Gasteiger partial charge in [0.25, 0.3) is 0 Å². The van der Waals surface area contributed by atoms with Crippen LogP contribution in [0.25, 0.3) is 0 Å². The van der Waals surface area contributed by atoms with Crippen LogP contribution in [0.4, 0.5) is 0 Å². The third kappa shape index (κ3) is 9.60. The van der Waals surface area contributed by atoms with Gasteiger partial charge in [-0.05, 0) is 18.8 Å². The summed E-state index contributed by atoms with van der Waals surface area (Å²) in [6.07, 6.45) is 2.89. The van der Waals surface area contributed by atoms with Crippen LogP contribution in [0.2, 0.25) is 0 Å². The molecule has 1 radical (unpaired) electrons. The average Bonchev–Trinajstić information content (AvgIpc) is 1.30. The Morgan fingerprint density at radius 2 is 1.88 bits per heavy atom. The first-order valence-electron chi connectivity index (χ1n) is 2.52. The van der Waals surface area contributed by atoms with E-state index in [4.69, 9.17) is 0 Å². The third-order valence-corrected chi connectivity index (χ3v) is 0.697. The van der Waals surface area contributed by atoms with Gasteiger partial charge in [0.15, 0.2) is 0 Å². The Labute approximate surface area is 64.5 Å². The summed E-state index contributed by atoms with van der Waals surface area (Å²) in [5.41, 5.74) is 0.182. The SMILES string of the molecule is [CH2]C(C)(C)CC=C.[LiH]. The molecule has 0 fully saturated rings. The van der Waals surface area contributed by atoms with Crippen LogP contribution >= 0.6 is 0 Å². The maximum atomic E-state index is 3.89. The summed E-state index contributed by atoms with van der Waals surface area (Å²) in [6.45, 7) is 11.7. The van der Waals surface area contributed by atoms with Crippen LogP contribution in [0.3, 0.4) is 0 Å². The van der Waals surface area contributed by atoms with Gasteiger partial charge in [-0.2, -0.15) is 0 Å². The minimum absolute atomic E-state index is 0. The first-order valence-corrected chi connectivity index (χ1v) is 2.52. The predicted molar refractivity (Wildman–Crippen MR) is 41.1 cm³/mol. The third-order valence-electron chi connectivity index (χ3n) is 0.697. The zero-order valence-corrected chi connectivity index (χ0v) is 5.20. The van der Waals surface area contributed by atoms with Crippen molar-refractivity contribution in [2.75, 3.05) is 0 Å². The number of allylic oxidation sites excluding steroid dienone is 1. The van der Waals surface area contributed by atoms with Crippen LogP contribution in [-0.2, 0) is 0 Å². The van der Waals surface area contributed by atoms with Crippen LogP contribution in [-0.4, -0.2) is 18.9 Å². The molecule has 0 aliphatic rings. The van der Waals surface area contributed by atoms with Crippen LogP contribution < -0.4 is 0 Å². The minimum atomic E-state index is 0. The summed E-state index contributed by atoms with van der Waals surface area (Å²) < 4.78 is 0. The molecule has 0 amide bonds. The van der Waals surface area contributed by atoms with E-state index in [-0.39, 0.29) is 24.3 Å². The van der Waals surface area contributed by atoms with Crippen molar-refractivity contribution in [2.45, 2.75) is 20.3 Å². The summed E-state index contributed by atoms with van der Waals surface area (Å²) in [7, 11) is 0. The van der Waals surface area contributed by atoms with Crippen LogP contribution in [0.5, 0.6) is 0 Å². The van der Waals surface area contributed by atoms with Crippen molar-refractivity contribution >= 4 is 18.9 Å². The standard InChI is InChI=1S/C7H13.Li.H/c1-5-6-7(2,3)4;;/h5H,1-2,6H2,3-4H3;;. The molecule has 0 unspecified atom stereocenters. The number of rotatable bonds is 2. The molecule has 1 heteroatoms. The summed E-state index contributed by atoms with van der Waals surface area (Å²) in [4.78, 5) is 0. The molecule has 0 aliphatic heterocycles. The molecule has 0 aromatic heterocycles. The monoisotopic (exact) mass is 105 g/mol. The van der Waals surface area contributed by atoms with Gasteiger partial charge >= 0.3 is 18.9 Å². The molecule has 0 aromatic carbocycles. The molecule has 0 rings (SSSR count). The Kier molecular flexibility index (Phi) is 5.92. The van der Waals surface area contributed by atoms with Crippen LogP contribution in [0.1, 0.15) is 20.3 Å². The molecule has 0 bridgehead atoms. The Morgan fingerprint density at radius 1 is 1.50 bits per heavy atom. The summed E-state index contributed by atoms with van der Waals surface area (Å²) in [5.74, 6) is 0. The van der Waals surface area contributed by atoms with Gasteiger partial charge in [0.2, 0.25) is 0 Å². The van der Waals surface area contributed by atoms with Gasteiger partial charge in [-0.15, -0.1) is 6.58 Å². The van der Waals surface area contributed by atoms with E-state index in [0.29, 0.717) is 0 Å². The zero-order valence-electron chi connectivity index (χ0n) is 5.20. The molecule has 0 saturated heterocycles. The second-order valence-corrected chi connectivity index (χ2v) is 2.66. The van der Waals surface area contributed by atoms with Crippen molar-refractivity contribution in [1.29, 1.82) is 0 Å². The van der Waals surface area contributed by atoms with Gasteiger partial charge in [0, 0.05) is 0 Å². The summed E-state index contributed by atoms with van der Waals surface area (Å²) >= 11 is 0. The quantitative estimate of drug-likeness (QED) is 0.371. The van der Waals surface area contributed by atoms with Crippen molar-refractivity contribution in [1.82, 2.24) is 0 Å². The molecule has 0 spiro atoms. The fraction of sp³-hybridized carbons (Fsp3) is 0.571. The zero-order chi connectivity index (χ0) is 5.91. The first-order chi connectivity index (χ1) is 3.06. The average molecular weight is 105 g/mol. The first kappa shape index (κ1) is 11.2. The molecule has 0 aromatic rings. The van der Waals surface area contributed by atoms with Crippen molar-refractivity contribution in [2.24, 2.45) is 5.41 Å². The topological polar surface area (TPSA) is 0 Å². The molecule has 0 aliphatic carbocycles. The second kappa shape index (κ2) is 4.24. The van der Waals surface area contributed by atoms with Gasteiger partial charge in [-0.25, -0.2) is 0 Å². The Hall–Kier alpha value is 0.337. The van der Waals surface area contributed by atoms with Gasteiger partial charge in [-0.1, -0.05) is 19.9 Å². The molecule has 0 heterocycles. The Morgan fingerprint density at radius 3 is 1.88 bits per heavy atom. The van der Waals surface area contributed by atoms with Gasteiger partial charge in [-0.3, -0.25) is 0 Å². The fourth-order valence-electron chi connectivity index (χ4n) is 0.391. The van der Waals surface area contributed by atoms with E-state index < -0.39 is 0 Å². The maximum absolute atomic E-state index is 3.89.